The van der Waals surface area contributed by atoms with Crippen LogP contribution in [0.3, 0.4) is 0 Å². The van der Waals surface area contributed by atoms with Crippen molar-refractivity contribution >= 4 is 5.69 Å². The van der Waals surface area contributed by atoms with Crippen LogP contribution in [0.25, 0.3) is 0 Å². The van der Waals surface area contributed by atoms with E-state index in [9.17, 15) is 0 Å². The number of benzene rings is 1. The van der Waals surface area contributed by atoms with Gasteiger partial charge in [-0.1, -0.05) is 29.4 Å². The fraction of sp³-hybridized carbons (Fsp3) is 0.357. The third-order valence-electron chi connectivity index (χ3n) is 3.57. The highest BCUT2D eigenvalue weighted by Gasteiger charge is 2.25. The fourth-order valence-electron chi connectivity index (χ4n) is 2.72. The molecular formula is C14H16N2O. The molecule has 0 bridgehead atoms. The lowest BCUT2D eigenvalue weighted by Gasteiger charge is -2.24. The van der Waals surface area contributed by atoms with Crippen molar-refractivity contribution < 1.29 is 4.52 Å². The van der Waals surface area contributed by atoms with Crippen molar-refractivity contribution in [3.8, 4) is 0 Å². The van der Waals surface area contributed by atoms with Gasteiger partial charge >= 0.3 is 0 Å². The molecule has 17 heavy (non-hydrogen) atoms. The lowest BCUT2D eigenvalue weighted by Crippen LogP contribution is -2.12. The number of nitrogens with one attached hydrogen (secondary N) is 1. The van der Waals surface area contributed by atoms with E-state index in [-0.39, 0.29) is 0 Å². The largest absolute Gasteiger partial charge is 0.384 e. The zero-order valence-corrected chi connectivity index (χ0v) is 9.94. The molecule has 1 aromatic carbocycles. The van der Waals surface area contributed by atoms with Gasteiger partial charge in [0.05, 0.1) is 5.69 Å². The summed E-state index contributed by atoms with van der Waals surface area (Å²) in [6, 6.07) is 8.66. The Morgan fingerprint density at radius 1 is 1.35 bits per heavy atom. The second kappa shape index (κ2) is 4.24. The van der Waals surface area contributed by atoms with Gasteiger partial charge in [0, 0.05) is 13.0 Å². The molecule has 1 heterocycles. The second-order valence-corrected chi connectivity index (χ2v) is 4.51. The van der Waals surface area contributed by atoms with Crippen LogP contribution < -0.4 is 5.32 Å². The number of anilines is 1. The van der Waals surface area contributed by atoms with Crippen LogP contribution in [0.5, 0.6) is 0 Å². The Bertz CT molecular complexity index is 518. The summed E-state index contributed by atoms with van der Waals surface area (Å²) in [5.74, 6) is 0.376. The molecule has 0 aliphatic heterocycles. The van der Waals surface area contributed by atoms with Gasteiger partial charge in [0.15, 0.2) is 0 Å². The van der Waals surface area contributed by atoms with Crippen molar-refractivity contribution in [1.82, 2.24) is 5.16 Å². The van der Waals surface area contributed by atoms with Crippen molar-refractivity contribution in [2.24, 2.45) is 0 Å². The van der Waals surface area contributed by atoms with Crippen molar-refractivity contribution in [2.75, 3.05) is 12.4 Å². The van der Waals surface area contributed by atoms with E-state index in [4.69, 9.17) is 4.52 Å². The number of hydrogen-bond acceptors (Lipinski definition) is 3. The van der Waals surface area contributed by atoms with Crippen LogP contribution in [0.1, 0.15) is 35.6 Å². The van der Waals surface area contributed by atoms with Crippen LogP contribution in [0.2, 0.25) is 0 Å². The summed E-state index contributed by atoms with van der Waals surface area (Å²) in [5, 5.41) is 7.32. The smallest absolute Gasteiger partial charge is 0.147 e. The predicted molar refractivity (Wildman–Crippen MR) is 67.3 cm³/mol. The van der Waals surface area contributed by atoms with Crippen LogP contribution in [0, 0.1) is 0 Å². The standard InChI is InChI=1S/C14H16N2O/c1-15-13-9-17-16-14(13)12-8-4-6-10-5-2-3-7-11(10)12/h2-3,5,7,9,12,15H,4,6,8H2,1H3. The molecule has 1 N–H and O–H groups in total. The molecule has 3 nitrogen and oxygen atoms in total. The lowest BCUT2D eigenvalue weighted by molar-refractivity contribution is 0.404. The third kappa shape index (κ3) is 1.71. The second-order valence-electron chi connectivity index (χ2n) is 4.51. The predicted octanol–water partition coefficient (Wildman–Crippen LogP) is 3.18. The molecule has 1 unspecified atom stereocenters. The van der Waals surface area contributed by atoms with Gasteiger partial charge in [0.1, 0.15) is 12.0 Å². The molecule has 3 rings (SSSR count). The summed E-state index contributed by atoms with van der Waals surface area (Å²) in [6.45, 7) is 0. The molecule has 1 atom stereocenters. The van der Waals surface area contributed by atoms with Gasteiger partial charge in [-0.05, 0) is 30.4 Å². The Kier molecular flexibility index (Phi) is 2.59. The molecule has 0 saturated heterocycles. The van der Waals surface area contributed by atoms with Gasteiger partial charge in [-0.25, -0.2) is 0 Å². The Morgan fingerprint density at radius 3 is 3.12 bits per heavy atom. The number of nitrogens with zero attached hydrogens (tertiary/aromatic N) is 1. The molecule has 1 aliphatic rings. The van der Waals surface area contributed by atoms with E-state index >= 15 is 0 Å². The summed E-state index contributed by atoms with van der Waals surface area (Å²) in [6.07, 6.45) is 5.24. The van der Waals surface area contributed by atoms with E-state index in [2.05, 4.69) is 34.7 Å². The fourth-order valence-corrected chi connectivity index (χ4v) is 2.72. The van der Waals surface area contributed by atoms with Gasteiger partial charge < -0.3 is 9.84 Å². The molecular weight excluding hydrogens is 212 g/mol. The van der Waals surface area contributed by atoms with Crippen molar-refractivity contribution in [3.05, 3.63) is 47.3 Å². The highest BCUT2D eigenvalue weighted by molar-refractivity contribution is 5.51. The molecule has 0 radical (unpaired) electrons. The van der Waals surface area contributed by atoms with Crippen LogP contribution in [0.15, 0.2) is 35.1 Å². The molecule has 2 aromatic rings. The maximum atomic E-state index is 5.09. The summed E-state index contributed by atoms with van der Waals surface area (Å²) < 4.78 is 5.09. The van der Waals surface area contributed by atoms with E-state index < -0.39 is 0 Å². The Morgan fingerprint density at radius 2 is 2.24 bits per heavy atom. The number of aromatic nitrogens is 1. The molecule has 0 amide bonds. The number of rotatable bonds is 2. The number of fused-ring (bicyclic) bond motifs is 1. The average molecular weight is 228 g/mol. The summed E-state index contributed by atoms with van der Waals surface area (Å²) in [4.78, 5) is 0. The Balaban J connectivity index is 2.06. The SMILES string of the molecule is CNc1conc1C1CCCc2ccccc21. The topological polar surface area (TPSA) is 38.1 Å². The van der Waals surface area contributed by atoms with E-state index in [0.717, 1.165) is 17.8 Å². The van der Waals surface area contributed by atoms with Gasteiger partial charge in [-0.2, -0.15) is 0 Å². The quantitative estimate of drug-likeness (QED) is 0.857. The van der Waals surface area contributed by atoms with Crippen LogP contribution in [-0.2, 0) is 6.42 Å². The lowest BCUT2D eigenvalue weighted by atomic mass is 9.81. The first-order valence-electron chi connectivity index (χ1n) is 6.10. The van der Waals surface area contributed by atoms with Crippen LogP contribution >= 0.6 is 0 Å². The maximum Gasteiger partial charge on any atom is 0.147 e. The number of aryl methyl sites for hydroxylation is 1. The zero-order valence-electron chi connectivity index (χ0n) is 9.94. The molecule has 1 aromatic heterocycles. The maximum absolute atomic E-state index is 5.09. The van der Waals surface area contributed by atoms with Gasteiger partial charge in [-0.3, -0.25) is 0 Å². The third-order valence-corrected chi connectivity index (χ3v) is 3.57. The Labute approximate surface area is 101 Å². The molecule has 0 spiro atoms. The van der Waals surface area contributed by atoms with Crippen molar-refractivity contribution in [1.29, 1.82) is 0 Å². The van der Waals surface area contributed by atoms with E-state index in [1.807, 2.05) is 7.05 Å². The Hall–Kier alpha value is -1.77. The molecule has 0 saturated carbocycles. The minimum Gasteiger partial charge on any atom is -0.384 e. The van der Waals surface area contributed by atoms with Crippen molar-refractivity contribution in [3.63, 3.8) is 0 Å². The minimum atomic E-state index is 0.376. The molecule has 1 aliphatic carbocycles. The van der Waals surface area contributed by atoms with E-state index in [0.29, 0.717) is 5.92 Å². The van der Waals surface area contributed by atoms with Crippen molar-refractivity contribution in [2.45, 2.75) is 25.2 Å². The number of hydrogen-bond donors (Lipinski definition) is 1. The zero-order chi connectivity index (χ0) is 11.7. The van der Waals surface area contributed by atoms with Gasteiger partial charge in [0.25, 0.3) is 0 Å². The van der Waals surface area contributed by atoms with E-state index in [1.165, 1.54) is 24.0 Å². The first-order chi connectivity index (χ1) is 8.40. The van der Waals surface area contributed by atoms with E-state index in [1.54, 1.807) is 6.26 Å². The minimum absolute atomic E-state index is 0.376. The highest BCUT2D eigenvalue weighted by atomic mass is 16.5. The highest BCUT2D eigenvalue weighted by Crippen LogP contribution is 2.38. The summed E-state index contributed by atoms with van der Waals surface area (Å²) in [5.41, 5.74) is 4.91. The molecule has 88 valence electrons. The monoisotopic (exact) mass is 228 g/mol. The normalized spacial score (nSPS) is 18.8. The molecule has 0 fully saturated rings. The van der Waals surface area contributed by atoms with Crippen LogP contribution in [-0.4, -0.2) is 12.2 Å². The average Bonchev–Trinajstić information content (AvgIpc) is 2.86. The van der Waals surface area contributed by atoms with Gasteiger partial charge in [-0.15, -0.1) is 0 Å². The first kappa shape index (κ1) is 10.4. The molecule has 3 heteroatoms. The summed E-state index contributed by atoms with van der Waals surface area (Å²) in [7, 11) is 1.91. The first-order valence-corrected chi connectivity index (χ1v) is 6.10. The summed E-state index contributed by atoms with van der Waals surface area (Å²) >= 11 is 0. The van der Waals surface area contributed by atoms with Gasteiger partial charge in [0.2, 0.25) is 0 Å². The van der Waals surface area contributed by atoms with Crippen LogP contribution in [0.4, 0.5) is 5.69 Å².